The van der Waals surface area contributed by atoms with Crippen LogP contribution in [-0.4, -0.2) is 203 Å². The van der Waals surface area contributed by atoms with Crippen LogP contribution in [0.2, 0.25) is 0 Å². The Hall–Kier alpha value is -12.5. The van der Waals surface area contributed by atoms with E-state index in [-0.39, 0.29) is 91.1 Å². The van der Waals surface area contributed by atoms with Crippen molar-refractivity contribution in [3.63, 3.8) is 0 Å². The van der Waals surface area contributed by atoms with Gasteiger partial charge in [0.25, 0.3) is 17.4 Å². The largest absolute Gasteiger partial charge is 0.493 e. The van der Waals surface area contributed by atoms with E-state index in [0.29, 0.717) is 39.7 Å². The SMILES string of the molecule is COc1cc(N)c(C(=O)N2c3ccccc3C[C@H]2C2OCCN2C(=O)OCc2ccc(SSC[C@H](CC(=O)[C@H](CC(=O)O)NC(=O)[C@H](CC(=O)O)CC(=O)[C@H](CCCNC(=N)N)NC(=O)[C@H](CC(=O)O)CC(=O)CC[C@H](NC(=O)c3ccc(NCc4cnc5nc(N)[nH]c(=O)c5n4)cc3)C(=O)O)C(=O)O)cc2)cc1OC. The van der Waals surface area contributed by atoms with E-state index in [4.69, 9.17) is 41.6 Å². The number of carboxylic acid groups (broad SMARTS) is 5. The number of fused-ring (bicyclic) bond motifs is 2. The summed E-state index contributed by atoms with van der Waals surface area (Å²) in [5.41, 5.74) is 19.8. The molecule has 2 aliphatic heterocycles. The molecule has 0 spiro atoms. The number of carboxylic acids is 5. The van der Waals surface area contributed by atoms with Crippen molar-refractivity contribution in [1.29, 1.82) is 5.41 Å². The van der Waals surface area contributed by atoms with Gasteiger partial charge in [0.2, 0.25) is 17.8 Å². The van der Waals surface area contributed by atoms with Gasteiger partial charge in [0.05, 0.1) is 107 Å². The molecule has 8 rings (SSSR count). The molecule has 8 atom stereocenters. The lowest BCUT2D eigenvalue weighted by Crippen LogP contribution is -2.52. The Balaban J connectivity index is 0.830. The second-order valence-corrected chi connectivity index (χ2v) is 28.0. The fourth-order valence-corrected chi connectivity index (χ4v) is 14.4. The maximum atomic E-state index is 14.4. The number of methoxy groups -OCH3 is 2. The molecule has 6 aromatic rings. The number of aromatic nitrogens is 4. The number of H-pyrrole nitrogens is 1. The van der Waals surface area contributed by atoms with Crippen molar-refractivity contribution in [3.05, 3.63) is 129 Å². The number of para-hydroxylation sites is 1. The van der Waals surface area contributed by atoms with E-state index in [1.807, 2.05) is 12.1 Å². The number of rotatable bonds is 42. The summed E-state index contributed by atoms with van der Waals surface area (Å²) in [6, 6.07) is 16.6. The number of guanidine groups is 1. The summed E-state index contributed by atoms with van der Waals surface area (Å²) in [4.78, 5) is 203. The number of aromatic amines is 1. The number of carbonyl (C=O) groups is 13. The lowest BCUT2D eigenvalue weighted by Gasteiger charge is -2.33. The molecule has 111 heavy (non-hydrogen) atoms. The third-order valence-corrected chi connectivity index (χ3v) is 20.2. The first kappa shape index (κ1) is 84.2. The third-order valence-electron chi connectivity index (χ3n) is 17.7. The molecule has 4 heterocycles. The summed E-state index contributed by atoms with van der Waals surface area (Å²) in [6.45, 7) is 0.102. The van der Waals surface area contributed by atoms with Gasteiger partial charge in [-0.15, -0.1) is 0 Å². The molecule has 0 bridgehead atoms. The van der Waals surface area contributed by atoms with Crippen LogP contribution in [0.1, 0.15) is 102 Å². The predicted molar refractivity (Wildman–Crippen MR) is 397 cm³/mol. The fraction of sp³-hybridized carbons (Fsp3) is 0.380. The molecule has 1 fully saturated rings. The molecule has 0 aliphatic carbocycles. The van der Waals surface area contributed by atoms with Gasteiger partial charge in [0.1, 0.15) is 18.4 Å². The standard InChI is InChI=1S/C71H81N15O23S2/c1-106-54-28-45(46(72)29-55(54)107-2)65(100)86-50-8-4-3-6-37(50)23-51(86)66-85(20-21-108-66)71(105)109-33-35-9-16-44(17-10-35)111-110-34-40(67(101)102)25-53(89)49(30-58(94)95)82-63(98)39(27-57(92)93)24-52(88)47(7-5-19-76-69(73)74)80-62(97)38(26-56(90)91)22-43(87)15-18-48(68(103)104)81-61(96)36-11-13-41(14-12-36)77-31-42-32-78-60-59(79-42)64(99)84-70(75)83-60/h3-4,6,8-14,16-17,28-29,32,38-40,47-49,51,66,77H,5,7,15,18-27,30-31,33-34,72H2,1-2H3,(H,80,97)(H,81,96)(H,82,98)(H,90,91)(H,92,93)(H,94,95)(H,101,102)(H,103,104)(H4,73,74,76)(H3,75,78,83,84,99)/t38-,39-,40-,47-,48-,49-,51-,66?/m0/s1. The number of ether oxygens (including phenoxy) is 4. The van der Waals surface area contributed by atoms with Gasteiger partial charge >= 0.3 is 35.9 Å². The minimum Gasteiger partial charge on any atom is -0.493 e. The normalized spacial score (nSPS) is 15.2. The highest BCUT2D eigenvalue weighted by Crippen LogP contribution is 2.41. The van der Waals surface area contributed by atoms with Gasteiger partial charge in [-0.25, -0.2) is 19.6 Å². The number of amides is 5. The Morgan fingerprint density at radius 2 is 1.37 bits per heavy atom. The number of ketones is 3. The highest BCUT2D eigenvalue weighted by atomic mass is 33.1. The van der Waals surface area contributed by atoms with Crippen LogP contribution in [0.3, 0.4) is 0 Å². The zero-order chi connectivity index (χ0) is 80.8. The number of aliphatic carboxylic acids is 5. The van der Waals surface area contributed by atoms with Crippen LogP contribution in [0.4, 0.5) is 27.8 Å². The molecule has 2 aliphatic rings. The Morgan fingerprint density at radius 1 is 0.730 bits per heavy atom. The number of Topliss-reactive ketones (excluding diaryl/α,β-unsaturated/α-hetero) is 3. The van der Waals surface area contributed by atoms with E-state index in [2.05, 4.69) is 46.5 Å². The molecule has 0 radical (unpaired) electrons. The van der Waals surface area contributed by atoms with E-state index in [1.54, 1.807) is 41.3 Å². The van der Waals surface area contributed by atoms with E-state index in [9.17, 15) is 92.7 Å². The topological polar surface area (TPSA) is 600 Å². The van der Waals surface area contributed by atoms with Crippen molar-refractivity contribution in [1.82, 2.24) is 46.1 Å². The number of carbonyl (C=O) groups excluding carboxylic acids is 8. The van der Waals surface area contributed by atoms with Crippen molar-refractivity contribution >= 4 is 139 Å². The Morgan fingerprint density at radius 3 is 2.02 bits per heavy atom. The summed E-state index contributed by atoms with van der Waals surface area (Å²) in [6.07, 6.45) is -7.42. The molecule has 5 amide bonds. The van der Waals surface area contributed by atoms with E-state index < -0.39 is 188 Å². The summed E-state index contributed by atoms with van der Waals surface area (Å²) < 4.78 is 22.7. The third kappa shape index (κ3) is 23.8. The maximum absolute atomic E-state index is 14.4. The minimum atomic E-state index is -1.97. The minimum absolute atomic E-state index is 0.00238. The van der Waals surface area contributed by atoms with Crippen molar-refractivity contribution in [2.75, 3.05) is 61.4 Å². The van der Waals surface area contributed by atoms with Gasteiger partial charge in [-0.05, 0) is 85.3 Å². The number of nitrogens with two attached hydrogens (primary N) is 3. The van der Waals surface area contributed by atoms with Crippen molar-refractivity contribution in [3.8, 4) is 11.5 Å². The van der Waals surface area contributed by atoms with Crippen LogP contribution < -0.4 is 63.7 Å². The van der Waals surface area contributed by atoms with Crippen LogP contribution in [0.5, 0.6) is 11.5 Å². The molecule has 18 N–H and O–H groups in total. The van der Waals surface area contributed by atoms with Crippen LogP contribution in [0, 0.1) is 23.2 Å². The van der Waals surface area contributed by atoms with Gasteiger partial charge in [-0.1, -0.05) is 51.9 Å². The smallest absolute Gasteiger partial charge is 0.412 e. The summed E-state index contributed by atoms with van der Waals surface area (Å²) in [5, 5.41) is 69.7. The van der Waals surface area contributed by atoms with Gasteiger partial charge in [-0.3, -0.25) is 72.8 Å². The molecule has 590 valence electrons. The molecule has 0 saturated carbocycles. The number of nitrogen functional groups attached to an aromatic ring is 2. The number of nitrogens with zero attached hydrogens (tertiary/aromatic N) is 5. The Labute approximate surface area is 638 Å². The first-order valence-corrected chi connectivity index (χ1v) is 36.6. The van der Waals surface area contributed by atoms with Crippen LogP contribution >= 0.6 is 21.6 Å². The number of anilines is 4. The maximum Gasteiger partial charge on any atom is 0.412 e. The zero-order valence-electron chi connectivity index (χ0n) is 59.7. The number of hydrogen-bond donors (Lipinski definition) is 15. The van der Waals surface area contributed by atoms with Crippen LogP contribution in [-0.2, 0) is 77.0 Å². The van der Waals surface area contributed by atoms with Crippen LogP contribution in [0.15, 0.2) is 101 Å². The monoisotopic (exact) mass is 1580 g/mol. The number of benzene rings is 4. The highest BCUT2D eigenvalue weighted by molar-refractivity contribution is 8.76. The van der Waals surface area contributed by atoms with Gasteiger partial charge in [0, 0.05) is 71.6 Å². The molecule has 1 unspecified atom stereocenters. The lowest BCUT2D eigenvalue weighted by atomic mass is 9.90. The highest BCUT2D eigenvalue weighted by Gasteiger charge is 2.47. The van der Waals surface area contributed by atoms with Gasteiger partial charge in [-0.2, -0.15) is 4.98 Å². The van der Waals surface area contributed by atoms with Crippen LogP contribution in [0.25, 0.3) is 11.2 Å². The molecule has 4 aromatic carbocycles. The molecule has 38 nitrogen and oxygen atoms in total. The first-order valence-electron chi connectivity index (χ1n) is 34.3. The van der Waals surface area contributed by atoms with E-state index in [1.165, 1.54) is 61.7 Å². The zero-order valence-corrected chi connectivity index (χ0v) is 61.3. The molecular formula is C71H81N15O23S2. The Bertz CT molecular complexity index is 4570. The molecular weight excluding hydrogens is 1490 g/mol. The Kier molecular flexibility index (Phi) is 30.0. The van der Waals surface area contributed by atoms with Gasteiger partial charge < -0.3 is 93.2 Å². The summed E-state index contributed by atoms with van der Waals surface area (Å²) >= 11 is 0. The average molecular weight is 1580 g/mol. The summed E-state index contributed by atoms with van der Waals surface area (Å²) in [7, 11) is 4.99. The van der Waals surface area contributed by atoms with Crippen molar-refractivity contribution in [2.45, 2.75) is 119 Å². The number of nitrogens with one attached hydrogen (secondary N) is 7. The molecule has 40 heteroatoms. The van der Waals surface area contributed by atoms with E-state index >= 15 is 0 Å². The van der Waals surface area contributed by atoms with Crippen molar-refractivity contribution < 1.29 is 107 Å². The molecule has 1 saturated heterocycles. The molecule has 2 aromatic heterocycles. The number of hydrogen-bond acceptors (Lipinski definition) is 27. The first-order chi connectivity index (χ1) is 52.9. The predicted octanol–water partition coefficient (Wildman–Crippen LogP) is 2.94. The second-order valence-electron chi connectivity index (χ2n) is 25.6. The quantitative estimate of drug-likeness (QED) is 0.00861. The van der Waals surface area contributed by atoms with E-state index in [0.717, 1.165) is 27.2 Å². The summed E-state index contributed by atoms with van der Waals surface area (Å²) in [5.74, 6) is -20.1. The van der Waals surface area contributed by atoms with Gasteiger partial charge in [0.15, 0.2) is 46.4 Å². The average Bonchev–Trinajstić information content (AvgIpc) is 1.61. The van der Waals surface area contributed by atoms with Crippen molar-refractivity contribution in [2.24, 2.45) is 23.5 Å². The fourth-order valence-electron chi connectivity index (χ4n) is 12.1. The lowest BCUT2D eigenvalue weighted by molar-refractivity contribution is -0.145. The second kappa shape index (κ2) is 39.6.